The lowest BCUT2D eigenvalue weighted by Gasteiger charge is -2.28. The van der Waals surface area contributed by atoms with Gasteiger partial charge >= 0.3 is 6.09 Å². The van der Waals surface area contributed by atoms with Crippen LogP contribution in [0.15, 0.2) is 30.3 Å². The third-order valence-corrected chi connectivity index (χ3v) is 3.12. The topological polar surface area (TPSA) is 46.6 Å². The van der Waals surface area contributed by atoms with E-state index in [2.05, 4.69) is 0 Å². The molecule has 0 unspecified atom stereocenters. The summed E-state index contributed by atoms with van der Waals surface area (Å²) in [7, 11) is 0. The fourth-order valence-electron chi connectivity index (χ4n) is 1.99. The quantitative estimate of drug-likeness (QED) is 0.821. The van der Waals surface area contributed by atoms with E-state index in [1.54, 1.807) is 4.90 Å². The Bertz CT molecular complexity index is 397. The number of hydrogen-bond acceptors (Lipinski definition) is 3. The summed E-state index contributed by atoms with van der Waals surface area (Å²) >= 11 is 0. The second kappa shape index (κ2) is 6.19. The first kappa shape index (κ1) is 12.6. The summed E-state index contributed by atoms with van der Waals surface area (Å²) in [6.07, 6.45) is 3.06. The number of ether oxygens (including phenoxy) is 1. The Morgan fingerprint density at radius 1 is 1.28 bits per heavy atom. The molecule has 0 saturated carbocycles. The van der Waals surface area contributed by atoms with Crippen molar-refractivity contribution < 1.29 is 14.3 Å². The van der Waals surface area contributed by atoms with Gasteiger partial charge in [-0.3, -0.25) is 4.79 Å². The zero-order valence-corrected chi connectivity index (χ0v) is 10.2. The molecule has 0 bridgehead atoms. The molecule has 18 heavy (non-hydrogen) atoms. The van der Waals surface area contributed by atoms with Crippen molar-refractivity contribution in [1.29, 1.82) is 0 Å². The van der Waals surface area contributed by atoms with Crippen LogP contribution in [0.5, 0.6) is 0 Å². The summed E-state index contributed by atoms with van der Waals surface area (Å²) < 4.78 is 5.22. The Labute approximate surface area is 107 Å². The second-order valence-electron chi connectivity index (χ2n) is 4.42. The van der Waals surface area contributed by atoms with Crippen LogP contribution in [0, 0.1) is 5.92 Å². The van der Waals surface area contributed by atoms with Gasteiger partial charge in [0, 0.05) is 19.0 Å². The van der Waals surface area contributed by atoms with Crippen LogP contribution in [-0.4, -0.2) is 30.4 Å². The maximum atomic E-state index is 11.8. The summed E-state index contributed by atoms with van der Waals surface area (Å²) in [5.41, 5.74) is 0.974. The third kappa shape index (κ3) is 3.32. The van der Waals surface area contributed by atoms with E-state index in [-0.39, 0.29) is 12.0 Å². The first-order valence-corrected chi connectivity index (χ1v) is 6.13. The van der Waals surface area contributed by atoms with Gasteiger partial charge in [0.15, 0.2) is 0 Å². The molecule has 4 heteroatoms. The molecular weight excluding hydrogens is 230 g/mol. The standard InChI is InChI=1S/C14H16NO3/c16-10-12-6-8-15(9-7-12)14(17)18-11-13-4-2-1-3-5-13/h1-5,12H,6-9,11H2. The number of piperidine rings is 1. The van der Waals surface area contributed by atoms with Gasteiger partial charge in [0.2, 0.25) is 6.29 Å². The highest BCUT2D eigenvalue weighted by Crippen LogP contribution is 2.16. The third-order valence-electron chi connectivity index (χ3n) is 3.12. The van der Waals surface area contributed by atoms with Crippen molar-refractivity contribution in [3.05, 3.63) is 35.9 Å². The van der Waals surface area contributed by atoms with Gasteiger partial charge < -0.3 is 9.64 Å². The molecule has 4 nitrogen and oxygen atoms in total. The van der Waals surface area contributed by atoms with Crippen molar-refractivity contribution in [3.63, 3.8) is 0 Å². The van der Waals surface area contributed by atoms with E-state index in [1.165, 1.54) is 0 Å². The van der Waals surface area contributed by atoms with Crippen molar-refractivity contribution in [2.45, 2.75) is 19.4 Å². The highest BCUT2D eigenvalue weighted by atomic mass is 16.6. The molecule has 0 aromatic heterocycles. The number of benzene rings is 1. The molecule has 0 N–H and O–H groups in total. The minimum atomic E-state index is -0.303. The predicted molar refractivity (Wildman–Crippen MR) is 66.6 cm³/mol. The SMILES string of the molecule is O=[C]C1CCN(C(=O)OCc2ccccc2)CC1. The van der Waals surface area contributed by atoms with Gasteiger partial charge in [-0.2, -0.15) is 0 Å². The zero-order chi connectivity index (χ0) is 12.8. The minimum Gasteiger partial charge on any atom is -0.445 e. The molecule has 1 aliphatic heterocycles. The predicted octanol–water partition coefficient (Wildman–Crippen LogP) is 2.14. The smallest absolute Gasteiger partial charge is 0.410 e. The minimum absolute atomic E-state index is 0.0248. The van der Waals surface area contributed by atoms with Crippen LogP contribution in [0.1, 0.15) is 18.4 Å². The highest BCUT2D eigenvalue weighted by molar-refractivity contribution is 5.68. The molecule has 1 aromatic carbocycles. The molecule has 0 spiro atoms. The van der Waals surface area contributed by atoms with E-state index < -0.39 is 0 Å². The normalized spacial score (nSPS) is 16.3. The van der Waals surface area contributed by atoms with Crippen LogP contribution in [-0.2, 0) is 16.1 Å². The maximum absolute atomic E-state index is 11.8. The van der Waals surface area contributed by atoms with Crippen molar-refractivity contribution in [2.75, 3.05) is 13.1 Å². The summed E-state index contributed by atoms with van der Waals surface area (Å²) in [6.45, 7) is 1.44. The molecule has 1 heterocycles. The van der Waals surface area contributed by atoms with Crippen LogP contribution in [0.25, 0.3) is 0 Å². The van der Waals surface area contributed by atoms with Crippen LogP contribution in [0.3, 0.4) is 0 Å². The molecule has 1 amide bonds. The van der Waals surface area contributed by atoms with Crippen molar-refractivity contribution in [1.82, 2.24) is 4.90 Å². The van der Waals surface area contributed by atoms with Crippen molar-refractivity contribution in [3.8, 4) is 0 Å². The number of likely N-dealkylation sites (tertiary alicyclic amines) is 1. The monoisotopic (exact) mass is 246 g/mol. The van der Waals surface area contributed by atoms with Gasteiger partial charge in [0.1, 0.15) is 6.61 Å². The molecule has 1 radical (unpaired) electrons. The fourth-order valence-corrected chi connectivity index (χ4v) is 1.99. The zero-order valence-electron chi connectivity index (χ0n) is 10.2. The van der Waals surface area contributed by atoms with Gasteiger partial charge in [-0.1, -0.05) is 30.3 Å². The molecule has 1 saturated heterocycles. The number of amides is 1. The Morgan fingerprint density at radius 3 is 2.56 bits per heavy atom. The lowest BCUT2D eigenvalue weighted by Crippen LogP contribution is -2.39. The molecule has 0 aliphatic carbocycles. The first-order valence-electron chi connectivity index (χ1n) is 6.13. The number of carbonyl (C=O) groups excluding carboxylic acids is 2. The Balaban J connectivity index is 1.77. The molecule has 1 fully saturated rings. The Hall–Kier alpha value is -1.84. The van der Waals surface area contributed by atoms with Gasteiger partial charge in [-0.25, -0.2) is 4.79 Å². The second-order valence-corrected chi connectivity index (χ2v) is 4.42. The van der Waals surface area contributed by atoms with E-state index >= 15 is 0 Å². The van der Waals surface area contributed by atoms with Gasteiger partial charge in [-0.15, -0.1) is 0 Å². The molecule has 0 atom stereocenters. The average Bonchev–Trinajstić information content (AvgIpc) is 2.46. The summed E-state index contributed by atoms with van der Waals surface area (Å²) in [5.74, 6) is -0.0248. The highest BCUT2D eigenvalue weighted by Gasteiger charge is 2.23. The van der Waals surface area contributed by atoms with Crippen molar-refractivity contribution in [2.24, 2.45) is 5.92 Å². The Kier molecular flexibility index (Phi) is 4.34. The van der Waals surface area contributed by atoms with Crippen LogP contribution >= 0.6 is 0 Å². The lowest BCUT2D eigenvalue weighted by atomic mass is 9.99. The molecule has 95 valence electrons. The van der Waals surface area contributed by atoms with E-state index in [0.717, 1.165) is 5.56 Å². The largest absolute Gasteiger partial charge is 0.445 e. The van der Waals surface area contributed by atoms with Gasteiger partial charge in [0.05, 0.1) is 0 Å². The van der Waals surface area contributed by atoms with Crippen LogP contribution in [0.4, 0.5) is 4.79 Å². The first-order chi connectivity index (χ1) is 8.79. The van der Waals surface area contributed by atoms with Crippen LogP contribution < -0.4 is 0 Å². The van der Waals surface area contributed by atoms with E-state index in [4.69, 9.17) is 4.74 Å². The van der Waals surface area contributed by atoms with E-state index in [9.17, 15) is 9.59 Å². The molecule has 1 aliphatic rings. The number of nitrogens with zero attached hydrogens (tertiary/aromatic N) is 1. The Morgan fingerprint density at radius 2 is 1.94 bits per heavy atom. The fraction of sp³-hybridized carbons (Fsp3) is 0.429. The number of rotatable bonds is 3. The van der Waals surface area contributed by atoms with Crippen LogP contribution in [0.2, 0.25) is 0 Å². The van der Waals surface area contributed by atoms with E-state index in [0.29, 0.717) is 32.5 Å². The van der Waals surface area contributed by atoms with Crippen molar-refractivity contribution >= 4 is 12.4 Å². The number of hydrogen-bond donors (Lipinski definition) is 0. The summed E-state index contributed by atoms with van der Waals surface area (Å²) in [6, 6.07) is 9.58. The van der Waals surface area contributed by atoms with Gasteiger partial charge in [-0.05, 0) is 18.4 Å². The molecule has 1 aromatic rings. The molecule has 2 rings (SSSR count). The number of carbonyl (C=O) groups is 1. The lowest BCUT2D eigenvalue weighted by molar-refractivity contribution is 0.0862. The summed E-state index contributed by atoms with van der Waals surface area (Å²) in [4.78, 5) is 23.9. The van der Waals surface area contributed by atoms with E-state index in [1.807, 2.05) is 36.6 Å². The average molecular weight is 246 g/mol. The van der Waals surface area contributed by atoms with Gasteiger partial charge in [0.25, 0.3) is 0 Å². The molecular formula is C14H16NO3. The maximum Gasteiger partial charge on any atom is 0.410 e. The summed E-state index contributed by atoms with van der Waals surface area (Å²) in [5, 5.41) is 0.